The van der Waals surface area contributed by atoms with Gasteiger partial charge in [0.2, 0.25) is 0 Å². The Morgan fingerprint density at radius 1 is 1.53 bits per heavy atom. The molecule has 19 heavy (non-hydrogen) atoms. The number of aliphatic hydroxyl groups is 1. The number of rotatable bonds is 2. The predicted molar refractivity (Wildman–Crippen MR) is 67.4 cm³/mol. The van der Waals surface area contributed by atoms with E-state index in [9.17, 15) is 4.79 Å². The van der Waals surface area contributed by atoms with Gasteiger partial charge in [0.15, 0.2) is 0 Å². The fourth-order valence-electron chi connectivity index (χ4n) is 1.35. The highest BCUT2D eigenvalue weighted by atomic mass is 16.4. The Kier molecular flexibility index (Phi) is 3.90. The zero-order chi connectivity index (χ0) is 13.7. The molecule has 2 N–H and O–H groups in total. The second kappa shape index (κ2) is 5.80. The molecule has 0 atom stereocenters. The first-order valence-corrected chi connectivity index (χ1v) is 5.47. The van der Waals surface area contributed by atoms with E-state index in [1.165, 1.54) is 18.7 Å². The molecule has 1 amide bonds. The molecule has 0 fully saturated rings. The second-order valence-electron chi connectivity index (χ2n) is 3.67. The van der Waals surface area contributed by atoms with Crippen LogP contribution in [-0.4, -0.2) is 27.6 Å². The summed E-state index contributed by atoms with van der Waals surface area (Å²) < 4.78 is 5.03. The number of hydrogen-bond donors (Lipinski definition) is 2. The first-order chi connectivity index (χ1) is 9.19. The van der Waals surface area contributed by atoms with Crippen LogP contribution in [0.15, 0.2) is 29.1 Å². The molecule has 0 unspecified atom stereocenters. The number of pyridine rings is 1. The lowest BCUT2D eigenvalue weighted by atomic mass is 10.2. The van der Waals surface area contributed by atoms with Crippen LogP contribution in [-0.2, 0) is 0 Å². The molecule has 2 rings (SSSR count). The Morgan fingerprint density at radius 2 is 2.37 bits per heavy atom. The van der Waals surface area contributed by atoms with Gasteiger partial charge in [0.05, 0.1) is 11.3 Å². The number of aliphatic hydroxyl groups excluding tert-OH is 1. The zero-order valence-electron chi connectivity index (χ0n) is 10.2. The first kappa shape index (κ1) is 12.8. The largest absolute Gasteiger partial charge is 0.432 e. The standard InChI is InChI=1S/C13H11N3O3/c1-9-8-19-13(15-9)16-12(18)11-5-10(3-2-4-17)6-14-7-11/h5-8,17H,4H2,1H3,(H,15,16,18). The molecule has 0 aromatic carbocycles. The summed E-state index contributed by atoms with van der Waals surface area (Å²) in [4.78, 5) is 19.8. The first-order valence-electron chi connectivity index (χ1n) is 5.47. The van der Waals surface area contributed by atoms with Gasteiger partial charge in [-0.2, -0.15) is 4.98 Å². The van der Waals surface area contributed by atoms with Gasteiger partial charge in [-0.05, 0) is 13.0 Å². The van der Waals surface area contributed by atoms with Crippen molar-refractivity contribution in [3.8, 4) is 11.8 Å². The zero-order valence-corrected chi connectivity index (χ0v) is 10.2. The molecule has 2 aromatic rings. The summed E-state index contributed by atoms with van der Waals surface area (Å²) in [5.74, 6) is 4.78. The van der Waals surface area contributed by atoms with Gasteiger partial charge in [-0.15, -0.1) is 0 Å². The average Bonchev–Trinajstić information content (AvgIpc) is 2.82. The quantitative estimate of drug-likeness (QED) is 0.783. The molecule has 0 aliphatic carbocycles. The molecule has 96 valence electrons. The van der Waals surface area contributed by atoms with Crippen LogP contribution in [0.4, 0.5) is 6.01 Å². The van der Waals surface area contributed by atoms with Crippen LogP contribution in [0.2, 0.25) is 0 Å². The van der Waals surface area contributed by atoms with Gasteiger partial charge < -0.3 is 9.52 Å². The van der Waals surface area contributed by atoms with Gasteiger partial charge >= 0.3 is 6.01 Å². The van der Waals surface area contributed by atoms with E-state index in [2.05, 4.69) is 27.1 Å². The van der Waals surface area contributed by atoms with Gasteiger partial charge in [-0.3, -0.25) is 15.1 Å². The highest BCUT2D eigenvalue weighted by Crippen LogP contribution is 2.09. The van der Waals surface area contributed by atoms with Crippen molar-refractivity contribution >= 4 is 11.9 Å². The molecule has 6 nitrogen and oxygen atoms in total. The Hall–Kier alpha value is -2.65. The average molecular weight is 257 g/mol. The van der Waals surface area contributed by atoms with Crippen molar-refractivity contribution in [2.75, 3.05) is 11.9 Å². The Labute approximate surface area is 109 Å². The number of nitrogens with one attached hydrogen (secondary N) is 1. The number of oxazole rings is 1. The normalized spacial score (nSPS) is 9.58. The van der Waals surface area contributed by atoms with Crippen LogP contribution in [0.25, 0.3) is 0 Å². The number of nitrogens with zero attached hydrogens (tertiary/aromatic N) is 2. The molecule has 0 radical (unpaired) electrons. The van der Waals surface area contributed by atoms with Crippen molar-refractivity contribution in [2.45, 2.75) is 6.92 Å². The lowest BCUT2D eigenvalue weighted by molar-refractivity contribution is 0.102. The van der Waals surface area contributed by atoms with E-state index >= 15 is 0 Å². The number of hydrogen-bond acceptors (Lipinski definition) is 5. The fraction of sp³-hybridized carbons (Fsp3) is 0.154. The number of carbonyl (C=O) groups excluding carboxylic acids is 1. The molecule has 0 bridgehead atoms. The van der Waals surface area contributed by atoms with E-state index in [0.29, 0.717) is 16.8 Å². The van der Waals surface area contributed by atoms with Crippen LogP contribution >= 0.6 is 0 Å². The van der Waals surface area contributed by atoms with E-state index in [1.54, 1.807) is 13.0 Å². The van der Waals surface area contributed by atoms with Gasteiger partial charge in [-0.25, -0.2) is 0 Å². The molecular formula is C13H11N3O3. The van der Waals surface area contributed by atoms with Crippen LogP contribution in [0.3, 0.4) is 0 Å². The minimum Gasteiger partial charge on any atom is -0.432 e. The van der Waals surface area contributed by atoms with Gasteiger partial charge in [0.1, 0.15) is 12.9 Å². The fourth-order valence-corrected chi connectivity index (χ4v) is 1.35. The van der Waals surface area contributed by atoms with Crippen LogP contribution in [0, 0.1) is 18.8 Å². The van der Waals surface area contributed by atoms with E-state index in [4.69, 9.17) is 9.52 Å². The summed E-state index contributed by atoms with van der Waals surface area (Å²) in [6, 6.07) is 1.70. The Morgan fingerprint density at radius 3 is 3.05 bits per heavy atom. The van der Waals surface area contributed by atoms with E-state index in [0.717, 1.165) is 0 Å². The van der Waals surface area contributed by atoms with Crippen molar-refractivity contribution in [1.82, 2.24) is 9.97 Å². The van der Waals surface area contributed by atoms with Crippen molar-refractivity contribution in [3.05, 3.63) is 41.5 Å². The highest BCUT2D eigenvalue weighted by molar-refractivity contribution is 6.03. The van der Waals surface area contributed by atoms with E-state index < -0.39 is 0 Å². The maximum Gasteiger partial charge on any atom is 0.301 e. The van der Waals surface area contributed by atoms with Gasteiger partial charge in [-0.1, -0.05) is 11.8 Å². The van der Waals surface area contributed by atoms with Gasteiger partial charge in [0, 0.05) is 18.0 Å². The van der Waals surface area contributed by atoms with E-state index in [1.807, 2.05) is 0 Å². The SMILES string of the molecule is Cc1coc(NC(=O)c2cncc(C#CCO)c2)n1. The van der Waals surface area contributed by atoms with Crippen molar-refractivity contribution in [2.24, 2.45) is 0 Å². The van der Waals surface area contributed by atoms with Crippen molar-refractivity contribution in [1.29, 1.82) is 0 Å². The number of anilines is 1. The van der Waals surface area contributed by atoms with Crippen LogP contribution in [0.1, 0.15) is 21.6 Å². The lowest BCUT2D eigenvalue weighted by Gasteiger charge is -2.00. The summed E-state index contributed by atoms with van der Waals surface area (Å²) in [5.41, 5.74) is 1.56. The molecule has 0 spiro atoms. The Balaban J connectivity index is 2.15. The molecular weight excluding hydrogens is 246 g/mol. The molecule has 0 saturated carbocycles. The summed E-state index contributed by atoms with van der Waals surface area (Å²) in [7, 11) is 0. The molecule has 6 heteroatoms. The minimum atomic E-state index is -0.387. The molecule has 2 aromatic heterocycles. The monoisotopic (exact) mass is 257 g/mol. The summed E-state index contributed by atoms with van der Waals surface area (Å²) in [5, 5.41) is 11.1. The Bertz CT molecular complexity index is 652. The van der Waals surface area contributed by atoms with Crippen LogP contribution < -0.4 is 5.32 Å². The molecule has 0 aliphatic rings. The van der Waals surface area contributed by atoms with Crippen LogP contribution in [0.5, 0.6) is 0 Å². The maximum atomic E-state index is 11.9. The predicted octanol–water partition coefficient (Wildman–Crippen LogP) is 0.974. The topological polar surface area (TPSA) is 88.2 Å². The third kappa shape index (κ3) is 3.40. The van der Waals surface area contributed by atoms with Gasteiger partial charge in [0.25, 0.3) is 5.91 Å². The van der Waals surface area contributed by atoms with E-state index in [-0.39, 0.29) is 18.5 Å². The number of aromatic nitrogens is 2. The van der Waals surface area contributed by atoms with Crippen molar-refractivity contribution in [3.63, 3.8) is 0 Å². The summed E-state index contributed by atoms with van der Waals surface area (Å²) >= 11 is 0. The lowest BCUT2D eigenvalue weighted by Crippen LogP contribution is -2.12. The van der Waals surface area contributed by atoms with Crippen molar-refractivity contribution < 1.29 is 14.3 Å². The highest BCUT2D eigenvalue weighted by Gasteiger charge is 2.10. The third-order valence-electron chi connectivity index (χ3n) is 2.15. The molecule has 0 saturated heterocycles. The number of amides is 1. The summed E-state index contributed by atoms with van der Waals surface area (Å²) in [6.07, 6.45) is 4.36. The molecule has 2 heterocycles. The minimum absolute atomic E-state index is 0.134. The number of carbonyl (C=O) groups is 1. The summed E-state index contributed by atoms with van der Waals surface area (Å²) in [6.45, 7) is 1.51. The second-order valence-corrected chi connectivity index (χ2v) is 3.67. The maximum absolute atomic E-state index is 11.9. The smallest absolute Gasteiger partial charge is 0.301 e. The number of aryl methyl sites for hydroxylation is 1. The third-order valence-corrected chi connectivity index (χ3v) is 2.15. The molecule has 0 aliphatic heterocycles.